The molecule has 0 saturated carbocycles. The van der Waals surface area contributed by atoms with Gasteiger partial charge in [-0.2, -0.15) is 9.78 Å². The van der Waals surface area contributed by atoms with Crippen molar-refractivity contribution in [2.75, 3.05) is 13.3 Å². The van der Waals surface area contributed by atoms with Crippen molar-refractivity contribution in [1.82, 2.24) is 15.1 Å². The molecule has 3 rings (SSSR count). The number of aromatic nitrogens is 2. The first-order valence-corrected chi connectivity index (χ1v) is 9.91. The number of nitrogens with one attached hydrogen (secondary N) is 1. The van der Waals surface area contributed by atoms with Crippen molar-refractivity contribution in [3.8, 4) is 11.4 Å². The van der Waals surface area contributed by atoms with E-state index in [0.29, 0.717) is 28.6 Å². The normalized spacial score (nSPS) is 11.2. The van der Waals surface area contributed by atoms with E-state index in [2.05, 4.69) is 10.4 Å². The van der Waals surface area contributed by atoms with Gasteiger partial charge in [0.1, 0.15) is 5.75 Å². The summed E-state index contributed by atoms with van der Waals surface area (Å²) < 4.78 is 18.9. The highest BCUT2D eigenvalue weighted by Gasteiger charge is 2.20. The molecule has 8 heteroatoms. The third kappa shape index (κ3) is 4.06. The zero-order chi connectivity index (χ0) is 20.3. The van der Waals surface area contributed by atoms with E-state index in [9.17, 15) is 14.0 Å². The molecule has 0 saturated heterocycles. The summed E-state index contributed by atoms with van der Waals surface area (Å²) in [4.78, 5) is 26.5. The standard InChI is InChI=1S/C20H22FN3O3S/c1-12(2)22-19(25)18-16-11-28-13(3)17(16)20(26)24(23-18)14-5-7-15(8-6-14)27-10-4-9-21/h5-8,11-12H,4,9-10H2,1-3H3,(H,22,25). The molecule has 2 heterocycles. The Labute approximate surface area is 165 Å². The summed E-state index contributed by atoms with van der Waals surface area (Å²) in [6, 6.07) is 6.72. The molecule has 0 aliphatic rings. The second-order valence-corrected chi connectivity index (χ2v) is 7.74. The van der Waals surface area contributed by atoms with Crippen molar-refractivity contribution in [2.24, 2.45) is 0 Å². The number of fused-ring (bicyclic) bond motifs is 1. The van der Waals surface area contributed by atoms with Crippen molar-refractivity contribution >= 4 is 28.0 Å². The molecule has 0 aliphatic carbocycles. The van der Waals surface area contributed by atoms with Crippen LogP contribution in [0.25, 0.3) is 16.5 Å². The molecule has 0 aliphatic heterocycles. The van der Waals surface area contributed by atoms with Crippen LogP contribution in [0, 0.1) is 6.92 Å². The number of ether oxygens (including phenoxy) is 1. The number of benzene rings is 1. The molecule has 3 aromatic rings. The fourth-order valence-corrected chi connectivity index (χ4v) is 3.64. The summed E-state index contributed by atoms with van der Waals surface area (Å²) in [5.41, 5.74) is 0.464. The number of alkyl halides is 1. The van der Waals surface area contributed by atoms with E-state index >= 15 is 0 Å². The maximum atomic E-state index is 13.0. The number of carbonyl (C=O) groups is 1. The van der Waals surface area contributed by atoms with Crippen LogP contribution < -0.4 is 15.6 Å². The van der Waals surface area contributed by atoms with Crippen LogP contribution in [-0.4, -0.2) is 35.0 Å². The van der Waals surface area contributed by atoms with Gasteiger partial charge in [-0.05, 0) is 45.0 Å². The van der Waals surface area contributed by atoms with Crippen LogP contribution in [0.1, 0.15) is 35.6 Å². The zero-order valence-corrected chi connectivity index (χ0v) is 16.8. The molecule has 1 N–H and O–H groups in total. The Morgan fingerprint density at radius 2 is 2.04 bits per heavy atom. The summed E-state index contributed by atoms with van der Waals surface area (Å²) >= 11 is 1.42. The fraction of sp³-hybridized carbons (Fsp3) is 0.350. The molecular formula is C20H22FN3O3S. The Kier molecular flexibility index (Phi) is 6.08. The number of thiophene rings is 1. The monoisotopic (exact) mass is 403 g/mol. The highest BCUT2D eigenvalue weighted by molar-refractivity contribution is 7.11. The van der Waals surface area contributed by atoms with Gasteiger partial charge in [-0.25, -0.2) is 0 Å². The van der Waals surface area contributed by atoms with Gasteiger partial charge in [0.05, 0.1) is 24.4 Å². The lowest BCUT2D eigenvalue weighted by molar-refractivity contribution is 0.0938. The molecule has 0 fully saturated rings. The first kappa shape index (κ1) is 20.0. The van der Waals surface area contributed by atoms with Crippen LogP contribution in [0.4, 0.5) is 4.39 Å². The second kappa shape index (κ2) is 8.52. The second-order valence-electron chi connectivity index (χ2n) is 6.66. The average molecular weight is 403 g/mol. The predicted octanol–water partition coefficient (Wildman–Crippen LogP) is 3.63. The van der Waals surface area contributed by atoms with Crippen LogP contribution in [0.5, 0.6) is 5.75 Å². The van der Waals surface area contributed by atoms with E-state index in [1.807, 2.05) is 20.8 Å². The first-order valence-electron chi connectivity index (χ1n) is 9.03. The molecule has 0 bridgehead atoms. The lowest BCUT2D eigenvalue weighted by Crippen LogP contribution is -2.33. The van der Waals surface area contributed by atoms with Gasteiger partial charge < -0.3 is 10.1 Å². The fourth-order valence-electron chi connectivity index (χ4n) is 2.80. The third-order valence-corrected chi connectivity index (χ3v) is 5.01. The summed E-state index contributed by atoms with van der Waals surface area (Å²) in [6.07, 6.45) is 0.325. The smallest absolute Gasteiger partial charge is 0.280 e. The van der Waals surface area contributed by atoms with E-state index in [1.165, 1.54) is 16.0 Å². The van der Waals surface area contributed by atoms with Crippen molar-refractivity contribution in [3.05, 3.63) is 50.6 Å². The molecule has 1 amide bonds. The molecule has 0 spiro atoms. The topological polar surface area (TPSA) is 73.2 Å². The third-order valence-electron chi connectivity index (χ3n) is 4.10. The van der Waals surface area contributed by atoms with Crippen LogP contribution >= 0.6 is 11.3 Å². The highest BCUT2D eigenvalue weighted by Crippen LogP contribution is 2.25. The minimum Gasteiger partial charge on any atom is -0.493 e. The van der Waals surface area contributed by atoms with Gasteiger partial charge in [0.25, 0.3) is 11.5 Å². The number of amides is 1. The molecule has 6 nitrogen and oxygen atoms in total. The maximum Gasteiger partial charge on any atom is 0.280 e. The quantitative estimate of drug-likeness (QED) is 0.612. The summed E-state index contributed by atoms with van der Waals surface area (Å²) in [5.74, 6) is 0.258. The van der Waals surface area contributed by atoms with E-state index in [4.69, 9.17) is 4.74 Å². The van der Waals surface area contributed by atoms with Gasteiger partial charge >= 0.3 is 0 Å². The average Bonchev–Trinajstić information content (AvgIpc) is 3.05. The molecule has 148 valence electrons. The number of nitrogens with zero attached hydrogens (tertiary/aromatic N) is 2. The number of halogens is 1. The number of aryl methyl sites for hydroxylation is 1. The lowest BCUT2D eigenvalue weighted by Gasteiger charge is -2.12. The Morgan fingerprint density at radius 1 is 1.32 bits per heavy atom. The molecule has 1 aromatic carbocycles. The maximum absolute atomic E-state index is 13.0. The molecule has 2 aromatic heterocycles. The first-order chi connectivity index (χ1) is 13.4. The van der Waals surface area contributed by atoms with Gasteiger partial charge in [-0.1, -0.05) is 0 Å². The summed E-state index contributed by atoms with van der Waals surface area (Å²) in [7, 11) is 0. The van der Waals surface area contributed by atoms with E-state index in [1.54, 1.807) is 29.6 Å². The predicted molar refractivity (Wildman–Crippen MR) is 109 cm³/mol. The Hall–Kier alpha value is -2.74. The number of hydrogen-bond acceptors (Lipinski definition) is 5. The number of hydrogen-bond donors (Lipinski definition) is 1. The highest BCUT2D eigenvalue weighted by atomic mass is 32.1. The van der Waals surface area contributed by atoms with Gasteiger partial charge in [-0.3, -0.25) is 14.0 Å². The van der Waals surface area contributed by atoms with Crippen LogP contribution in [-0.2, 0) is 0 Å². The minimum absolute atomic E-state index is 0.0507. The zero-order valence-electron chi connectivity index (χ0n) is 16.0. The van der Waals surface area contributed by atoms with Gasteiger partial charge in [0.15, 0.2) is 5.69 Å². The van der Waals surface area contributed by atoms with Gasteiger partial charge in [-0.15, -0.1) is 11.3 Å². The Bertz CT molecular complexity index is 1040. The summed E-state index contributed by atoms with van der Waals surface area (Å²) in [5, 5.41) is 10.0. The van der Waals surface area contributed by atoms with Gasteiger partial charge in [0.2, 0.25) is 0 Å². The van der Waals surface area contributed by atoms with E-state index < -0.39 is 6.67 Å². The van der Waals surface area contributed by atoms with Crippen LogP contribution in [0.2, 0.25) is 0 Å². The lowest BCUT2D eigenvalue weighted by atomic mass is 10.2. The van der Waals surface area contributed by atoms with Crippen LogP contribution in [0.3, 0.4) is 0 Å². The number of rotatable bonds is 7. The largest absolute Gasteiger partial charge is 0.493 e. The molecule has 28 heavy (non-hydrogen) atoms. The molecule has 0 unspecified atom stereocenters. The molecular weight excluding hydrogens is 381 g/mol. The van der Waals surface area contributed by atoms with Crippen molar-refractivity contribution in [3.63, 3.8) is 0 Å². The Morgan fingerprint density at radius 3 is 2.68 bits per heavy atom. The number of carbonyl (C=O) groups excluding carboxylic acids is 1. The van der Waals surface area contributed by atoms with Crippen LogP contribution in [0.15, 0.2) is 34.4 Å². The molecule has 0 radical (unpaired) electrons. The van der Waals surface area contributed by atoms with Gasteiger partial charge in [0, 0.05) is 28.1 Å². The minimum atomic E-state index is -0.432. The Balaban J connectivity index is 2.05. The SMILES string of the molecule is Cc1scc2c(C(=O)NC(C)C)nn(-c3ccc(OCCCF)cc3)c(=O)c12. The summed E-state index contributed by atoms with van der Waals surface area (Å²) in [6.45, 7) is 5.44. The van der Waals surface area contributed by atoms with Crippen molar-refractivity contribution in [2.45, 2.75) is 33.2 Å². The van der Waals surface area contributed by atoms with E-state index in [0.717, 1.165) is 4.88 Å². The van der Waals surface area contributed by atoms with Crippen molar-refractivity contribution < 1.29 is 13.9 Å². The van der Waals surface area contributed by atoms with E-state index in [-0.39, 0.29) is 29.8 Å². The van der Waals surface area contributed by atoms with Crippen molar-refractivity contribution in [1.29, 1.82) is 0 Å². The molecule has 0 atom stereocenters.